The Kier molecular flexibility index (Phi) is 23.6. The van der Waals surface area contributed by atoms with Crippen molar-refractivity contribution in [1.29, 1.82) is 0 Å². The van der Waals surface area contributed by atoms with Crippen molar-refractivity contribution in [2.24, 2.45) is 0 Å². The fourth-order valence-corrected chi connectivity index (χ4v) is 4.64. The van der Waals surface area contributed by atoms with Gasteiger partial charge >= 0.3 is 56.5 Å². The van der Waals surface area contributed by atoms with Gasteiger partial charge in [0.25, 0.3) is 0 Å². The first-order valence-corrected chi connectivity index (χ1v) is 10.1. The minimum Gasteiger partial charge on any atom is 0 e. The molecule has 0 saturated carbocycles. The molecular formula is C27H19O6PW. The van der Waals surface area contributed by atoms with Gasteiger partial charge < -0.3 is 4.74 Å². The van der Waals surface area contributed by atoms with Gasteiger partial charge in [0.05, 0.1) is 7.11 Å². The fourth-order valence-electron chi connectivity index (χ4n) is 3.14. The quantitative estimate of drug-likeness (QED) is 0.187. The number of fused-ring (bicyclic) bond motifs is 1. The van der Waals surface area contributed by atoms with E-state index in [0.717, 1.165) is 5.75 Å². The summed E-state index contributed by atoms with van der Waals surface area (Å²) >= 11 is 0. The Labute approximate surface area is 220 Å². The third kappa shape index (κ3) is 10.4. The molecule has 4 aromatic rings. The molecule has 1 aromatic heterocycles. The number of hydrogen-bond acceptors (Lipinski definition) is 1. The molecule has 0 amide bonds. The molecule has 0 aliphatic heterocycles. The van der Waals surface area contributed by atoms with Gasteiger partial charge in [0.2, 0.25) is 0 Å². The van der Waals surface area contributed by atoms with Crippen LogP contribution in [0.3, 0.4) is 0 Å². The van der Waals surface area contributed by atoms with Crippen LogP contribution in [-0.4, -0.2) is 7.11 Å². The summed E-state index contributed by atoms with van der Waals surface area (Å²) in [4.78, 5) is 0. The smallest absolute Gasteiger partial charge is 0 e. The van der Waals surface area contributed by atoms with Crippen molar-refractivity contribution in [2.75, 3.05) is 7.11 Å². The van der Waals surface area contributed by atoms with E-state index in [2.05, 4.69) is 101 Å². The van der Waals surface area contributed by atoms with Gasteiger partial charge in [0.1, 0.15) is 5.75 Å². The summed E-state index contributed by atoms with van der Waals surface area (Å²) in [5, 5.41) is 4.21. The Morgan fingerprint density at radius 1 is 0.629 bits per heavy atom. The van der Waals surface area contributed by atoms with E-state index in [9.17, 15) is 0 Å². The van der Waals surface area contributed by atoms with E-state index in [1.165, 1.54) is 38.1 Å². The second-order valence-electron chi connectivity index (χ2n) is 6.02. The molecule has 1 heterocycles. The monoisotopic (exact) mass is 654 g/mol. The summed E-state index contributed by atoms with van der Waals surface area (Å²) in [7, 11) is 2.40. The molecule has 1 atom stereocenters. The topological polar surface area (TPSA) is 109 Å². The molecule has 0 bridgehead atoms. The number of aryl methyl sites for hydroxylation is 1. The van der Waals surface area contributed by atoms with E-state index < -0.39 is 0 Å². The first-order valence-electron chi connectivity index (χ1n) is 9.10. The fraction of sp³-hybridized carbons (Fsp3) is 0.0741. The van der Waals surface area contributed by atoms with Crippen LogP contribution in [0.5, 0.6) is 5.75 Å². The van der Waals surface area contributed by atoms with E-state index >= 15 is 0 Å². The van der Waals surface area contributed by atoms with Gasteiger partial charge in [-0.25, -0.2) is 0 Å². The SMILES string of the molecule is COc1ccc(-c2[pH]c3ccccc3c2-c2ccc(C)cc2)cc1.[C-]#[O+].[C-]#[O+].[C-]#[O+].[C-]#[O+].[C-]#[O+].[W]. The maximum atomic E-state index is 7.50. The standard InChI is InChI=1S/C22H19OP.5CO.W/c1-15-7-9-16(10-8-15)21-19-5-3-4-6-20(19)24-22(21)17-11-13-18(23-2)14-12-17;5*1-2;/h3-14,24H,1-2H3;;;;;;. The van der Waals surface area contributed by atoms with Crippen LogP contribution >= 0.6 is 8.19 Å². The summed E-state index contributed by atoms with van der Waals surface area (Å²) < 4.78 is 42.8. The second kappa shape index (κ2) is 22.7. The third-order valence-corrected chi connectivity index (χ3v) is 5.92. The Morgan fingerprint density at radius 3 is 1.57 bits per heavy atom. The average molecular weight is 654 g/mol. The number of ether oxygens (including phenoxy) is 1. The Hall–Kier alpha value is -3.11. The number of benzene rings is 3. The van der Waals surface area contributed by atoms with Gasteiger partial charge in [0.15, 0.2) is 0 Å². The molecule has 3 aromatic carbocycles. The average Bonchev–Trinajstić information content (AvgIpc) is 3.34. The predicted molar refractivity (Wildman–Crippen MR) is 125 cm³/mol. The van der Waals surface area contributed by atoms with E-state index in [-0.39, 0.29) is 21.1 Å². The van der Waals surface area contributed by atoms with E-state index in [1.807, 2.05) is 12.1 Å². The van der Waals surface area contributed by atoms with Crippen molar-refractivity contribution in [1.82, 2.24) is 0 Å². The molecule has 0 aliphatic carbocycles. The Morgan fingerprint density at radius 2 is 1.09 bits per heavy atom. The van der Waals surface area contributed by atoms with Crippen molar-refractivity contribution < 1.29 is 49.1 Å². The summed E-state index contributed by atoms with van der Waals surface area (Å²) in [6.45, 7) is 24.6. The molecule has 174 valence electrons. The maximum Gasteiger partial charge on any atom is 0 e. The molecule has 0 spiro atoms. The van der Waals surface area contributed by atoms with Gasteiger partial charge in [-0.2, -0.15) is 0 Å². The van der Waals surface area contributed by atoms with Crippen molar-refractivity contribution in [3.05, 3.63) is 112 Å². The van der Waals surface area contributed by atoms with E-state index in [1.54, 1.807) is 7.11 Å². The first-order chi connectivity index (χ1) is 16.8. The second-order valence-corrected chi connectivity index (χ2v) is 7.30. The first kappa shape index (κ1) is 36.5. The van der Waals surface area contributed by atoms with Crippen molar-refractivity contribution in [2.45, 2.75) is 6.92 Å². The predicted octanol–water partition coefficient (Wildman–Crippen LogP) is 6.33. The van der Waals surface area contributed by atoms with Crippen LogP contribution in [0.15, 0.2) is 72.8 Å². The van der Waals surface area contributed by atoms with Crippen molar-refractivity contribution in [3.8, 4) is 27.7 Å². The van der Waals surface area contributed by atoms with Gasteiger partial charge in [-0.1, -0.05) is 66.2 Å². The minimum atomic E-state index is 0. The summed E-state index contributed by atoms with van der Waals surface area (Å²) in [5.41, 5.74) is 5.23. The molecule has 35 heavy (non-hydrogen) atoms. The van der Waals surface area contributed by atoms with Crippen LogP contribution in [0.2, 0.25) is 0 Å². The van der Waals surface area contributed by atoms with Crippen LogP contribution in [-0.2, 0) is 44.3 Å². The summed E-state index contributed by atoms with van der Waals surface area (Å²) in [6.07, 6.45) is 0. The van der Waals surface area contributed by atoms with Gasteiger partial charge in [0, 0.05) is 31.9 Å². The largest absolute Gasteiger partial charge is 0 e. The van der Waals surface area contributed by atoms with Gasteiger partial charge in [-0.3, -0.25) is 0 Å². The maximum absolute atomic E-state index is 7.50. The molecule has 6 nitrogen and oxygen atoms in total. The zero-order valence-electron chi connectivity index (χ0n) is 18.8. The molecular weight excluding hydrogens is 635 g/mol. The van der Waals surface area contributed by atoms with Crippen LogP contribution in [0.4, 0.5) is 0 Å². The Balaban J connectivity index is -0.000000834. The van der Waals surface area contributed by atoms with Crippen molar-refractivity contribution in [3.63, 3.8) is 0 Å². The molecule has 0 fully saturated rings. The van der Waals surface area contributed by atoms with E-state index in [0.29, 0.717) is 8.19 Å². The molecule has 1 unspecified atom stereocenters. The van der Waals surface area contributed by atoms with E-state index in [4.69, 9.17) is 28.0 Å². The molecule has 0 radical (unpaired) electrons. The minimum absolute atomic E-state index is 0. The number of rotatable bonds is 3. The summed E-state index contributed by atoms with van der Waals surface area (Å²) in [6, 6.07) is 26.0. The zero-order chi connectivity index (χ0) is 26.5. The molecule has 0 N–H and O–H groups in total. The van der Waals surface area contributed by atoms with Crippen LogP contribution < -0.4 is 4.74 Å². The summed E-state index contributed by atoms with van der Waals surface area (Å²) in [5.74, 6) is 0.898. The number of methoxy groups -OCH3 is 1. The van der Waals surface area contributed by atoms with Crippen LogP contribution in [0, 0.1) is 40.2 Å². The van der Waals surface area contributed by atoms with Gasteiger partial charge in [-0.05, 0) is 40.7 Å². The molecule has 4 rings (SSSR count). The Bertz CT molecular complexity index is 1180. The van der Waals surface area contributed by atoms with Gasteiger partial charge in [-0.15, -0.1) is 8.19 Å². The third-order valence-electron chi connectivity index (χ3n) is 4.43. The molecule has 0 saturated heterocycles. The zero-order valence-corrected chi connectivity index (χ0v) is 22.7. The van der Waals surface area contributed by atoms with Crippen LogP contribution in [0.25, 0.3) is 32.5 Å². The molecule has 8 heteroatoms. The van der Waals surface area contributed by atoms with Crippen LogP contribution in [0.1, 0.15) is 5.56 Å². The normalized spacial score (nSPS) is 8.00. The van der Waals surface area contributed by atoms with Crippen molar-refractivity contribution >= 4 is 18.7 Å². The number of hydrogen-bond donors (Lipinski definition) is 0. The molecule has 0 aliphatic rings.